The number of phenolic OH excluding ortho intramolecular Hbond substituents is 1. The fraction of sp³-hybridized carbons (Fsp3) is 0.440. The number of ether oxygens (including phenoxy) is 5. The lowest BCUT2D eigenvalue weighted by molar-refractivity contribution is -0.141. The zero-order chi connectivity index (χ0) is 23.3. The number of methoxy groups -OCH3 is 2. The van der Waals surface area contributed by atoms with Crippen molar-refractivity contribution in [3.63, 3.8) is 0 Å². The minimum absolute atomic E-state index is 0.0190. The number of hydrogen-bond donors (Lipinski definition) is 1. The Hall–Kier alpha value is -3.13. The van der Waals surface area contributed by atoms with Gasteiger partial charge in [-0.3, -0.25) is 4.79 Å². The molecule has 8 nitrogen and oxygen atoms in total. The van der Waals surface area contributed by atoms with Crippen LogP contribution in [0.5, 0.6) is 28.7 Å². The highest BCUT2D eigenvalue weighted by atomic mass is 16.7. The molecule has 2 aliphatic heterocycles. The minimum atomic E-state index is -0.389. The molecule has 3 aliphatic rings. The van der Waals surface area contributed by atoms with Gasteiger partial charge in [0.25, 0.3) is 0 Å². The summed E-state index contributed by atoms with van der Waals surface area (Å²) in [6, 6.07) is 7.55. The van der Waals surface area contributed by atoms with Crippen LogP contribution in [-0.2, 0) is 9.53 Å². The molecule has 1 fully saturated rings. The summed E-state index contributed by atoms with van der Waals surface area (Å²) in [7, 11) is 7.02. The van der Waals surface area contributed by atoms with E-state index in [0.29, 0.717) is 18.1 Å². The van der Waals surface area contributed by atoms with Gasteiger partial charge in [-0.05, 0) is 67.4 Å². The van der Waals surface area contributed by atoms with Gasteiger partial charge in [-0.25, -0.2) is 0 Å². The number of esters is 1. The highest BCUT2D eigenvalue weighted by Gasteiger charge is 2.52. The first-order valence-corrected chi connectivity index (χ1v) is 11.0. The van der Waals surface area contributed by atoms with E-state index in [0.717, 1.165) is 23.2 Å². The Bertz CT molecular complexity index is 1060. The molecule has 5 rings (SSSR count). The molecule has 1 radical (unpaired) electrons. The second-order valence-electron chi connectivity index (χ2n) is 8.93. The first kappa shape index (κ1) is 21.7. The van der Waals surface area contributed by atoms with E-state index >= 15 is 0 Å². The van der Waals surface area contributed by atoms with Crippen molar-refractivity contribution in [3.05, 3.63) is 47.4 Å². The van der Waals surface area contributed by atoms with Crippen molar-refractivity contribution in [1.82, 2.24) is 4.90 Å². The minimum Gasteiger partial charge on any atom is -0.502 e. The van der Waals surface area contributed by atoms with E-state index in [4.69, 9.17) is 23.7 Å². The van der Waals surface area contributed by atoms with Gasteiger partial charge in [0.15, 0.2) is 23.0 Å². The average Bonchev–Trinajstić information content (AvgIpc) is 3.42. The van der Waals surface area contributed by atoms with Crippen LogP contribution in [0.3, 0.4) is 0 Å². The van der Waals surface area contributed by atoms with Crippen molar-refractivity contribution in [2.75, 3.05) is 48.3 Å². The third kappa shape index (κ3) is 3.53. The summed E-state index contributed by atoms with van der Waals surface area (Å²) in [5.41, 5.74) is 2.88. The van der Waals surface area contributed by atoms with Gasteiger partial charge in [-0.15, -0.1) is 0 Å². The second kappa shape index (κ2) is 8.33. The van der Waals surface area contributed by atoms with Crippen LogP contribution in [0.25, 0.3) is 0 Å². The van der Waals surface area contributed by atoms with Gasteiger partial charge in [0, 0.05) is 18.4 Å². The molecule has 1 aliphatic carbocycles. The third-order valence-corrected chi connectivity index (χ3v) is 6.83. The molecule has 1 N–H and O–H groups in total. The van der Waals surface area contributed by atoms with Gasteiger partial charge in [0.05, 0.1) is 26.7 Å². The molecule has 0 bridgehead atoms. The number of nitrogens with zero attached hydrogens (tertiary/aromatic N) is 1. The van der Waals surface area contributed by atoms with Crippen LogP contribution in [0, 0.1) is 18.3 Å². The van der Waals surface area contributed by atoms with E-state index in [2.05, 4.69) is 11.3 Å². The maximum atomic E-state index is 13.1. The number of aromatic hydroxyl groups is 1. The average molecular weight is 454 g/mol. The Morgan fingerprint density at radius 2 is 1.67 bits per heavy atom. The van der Waals surface area contributed by atoms with Gasteiger partial charge in [-0.1, -0.05) is 0 Å². The predicted octanol–water partition coefficient (Wildman–Crippen LogP) is 2.92. The molecule has 2 aromatic rings. The van der Waals surface area contributed by atoms with Crippen LogP contribution < -0.4 is 18.9 Å². The molecule has 2 aromatic carbocycles. The van der Waals surface area contributed by atoms with E-state index in [-0.39, 0.29) is 53.7 Å². The molecule has 1 saturated heterocycles. The van der Waals surface area contributed by atoms with E-state index in [1.807, 2.05) is 26.2 Å². The van der Waals surface area contributed by atoms with E-state index < -0.39 is 0 Å². The fourth-order valence-corrected chi connectivity index (χ4v) is 5.33. The lowest BCUT2D eigenvalue weighted by Crippen LogP contribution is -2.36. The summed E-state index contributed by atoms with van der Waals surface area (Å²) in [5, 5.41) is 10.4. The summed E-state index contributed by atoms with van der Waals surface area (Å²) in [6.07, 6.45) is 2.24. The van der Waals surface area contributed by atoms with Gasteiger partial charge in [0.1, 0.15) is 0 Å². The lowest BCUT2D eigenvalue weighted by atomic mass is 9.62. The topological polar surface area (TPSA) is 86.7 Å². The Kier molecular flexibility index (Phi) is 5.48. The van der Waals surface area contributed by atoms with Crippen LogP contribution >= 0.6 is 0 Å². The van der Waals surface area contributed by atoms with Crippen LogP contribution in [0.15, 0.2) is 24.3 Å². The highest BCUT2D eigenvalue weighted by Crippen LogP contribution is 2.56. The molecular weight excluding hydrogens is 426 g/mol. The highest BCUT2D eigenvalue weighted by molar-refractivity contribution is 5.79. The van der Waals surface area contributed by atoms with Crippen molar-refractivity contribution < 1.29 is 33.6 Å². The van der Waals surface area contributed by atoms with Crippen molar-refractivity contribution in [3.8, 4) is 28.7 Å². The maximum Gasteiger partial charge on any atom is 0.310 e. The Balaban J connectivity index is 1.71. The van der Waals surface area contributed by atoms with E-state index in [1.165, 1.54) is 14.2 Å². The SMILES string of the molecule is COc1cc([C@@H]2c3cc4c(cc3[C@@H]([CH]CN(C)C)[C@@H]3COC(=O)[C@H]23)OCO4)cc(OC)c1O. The van der Waals surface area contributed by atoms with Crippen LogP contribution in [-0.4, -0.2) is 64.2 Å². The van der Waals surface area contributed by atoms with Crippen LogP contribution in [0.1, 0.15) is 28.5 Å². The first-order chi connectivity index (χ1) is 15.9. The molecule has 0 saturated carbocycles. The molecule has 0 aromatic heterocycles. The van der Waals surface area contributed by atoms with Crippen molar-refractivity contribution in [1.29, 1.82) is 0 Å². The normalized spacial score (nSPS) is 24.9. The number of hydrogen-bond acceptors (Lipinski definition) is 8. The fourth-order valence-electron chi connectivity index (χ4n) is 5.33. The monoisotopic (exact) mass is 454 g/mol. The lowest BCUT2D eigenvalue weighted by Gasteiger charge is -2.39. The quantitative estimate of drug-likeness (QED) is 0.667. The summed E-state index contributed by atoms with van der Waals surface area (Å²) >= 11 is 0. The molecule has 0 unspecified atom stereocenters. The standard InChI is InChI=1S/C25H28NO7/c1-26(2)6-5-14-15-9-18-19(33-12-32-18)10-16(15)22(23-17(14)11-31-25(23)28)13-7-20(29-3)24(27)21(8-13)30-4/h5,7-10,14,17,22-23,27H,6,11-12H2,1-4H3/t14-,17+,22-,23+/m1/s1. The molecule has 33 heavy (non-hydrogen) atoms. The van der Waals surface area contributed by atoms with Gasteiger partial charge < -0.3 is 33.7 Å². The number of benzene rings is 2. The summed E-state index contributed by atoms with van der Waals surface area (Å²) in [4.78, 5) is 15.2. The van der Waals surface area contributed by atoms with Gasteiger partial charge >= 0.3 is 5.97 Å². The smallest absolute Gasteiger partial charge is 0.310 e. The van der Waals surface area contributed by atoms with Crippen LogP contribution in [0.4, 0.5) is 0 Å². The molecular formula is C25H28NO7. The number of phenols is 1. The number of fused-ring (bicyclic) bond motifs is 3. The largest absolute Gasteiger partial charge is 0.502 e. The van der Waals surface area contributed by atoms with Gasteiger partial charge in [-0.2, -0.15) is 0 Å². The molecule has 0 spiro atoms. The number of carbonyl (C=O) groups is 1. The number of rotatable bonds is 6. The molecule has 0 amide bonds. The van der Waals surface area contributed by atoms with E-state index in [9.17, 15) is 9.90 Å². The number of cyclic esters (lactones) is 1. The Labute approximate surface area is 192 Å². The Morgan fingerprint density at radius 1 is 1.03 bits per heavy atom. The first-order valence-electron chi connectivity index (χ1n) is 11.0. The molecule has 4 atom stereocenters. The van der Waals surface area contributed by atoms with E-state index in [1.54, 1.807) is 12.1 Å². The predicted molar refractivity (Wildman–Crippen MR) is 119 cm³/mol. The zero-order valence-electron chi connectivity index (χ0n) is 19.2. The van der Waals surface area contributed by atoms with Crippen molar-refractivity contribution in [2.45, 2.75) is 11.8 Å². The molecule has 175 valence electrons. The Morgan fingerprint density at radius 3 is 2.27 bits per heavy atom. The summed E-state index contributed by atoms with van der Waals surface area (Å²) < 4.78 is 27.8. The van der Waals surface area contributed by atoms with Gasteiger partial charge in [0.2, 0.25) is 12.5 Å². The molecule has 2 heterocycles. The van der Waals surface area contributed by atoms with Crippen molar-refractivity contribution >= 4 is 5.97 Å². The number of carbonyl (C=O) groups excluding carboxylic acids is 1. The maximum absolute atomic E-state index is 13.1. The van der Waals surface area contributed by atoms with Crippen LogP contribution in [0.2, 0.25) is 0 Å². The zero-order valence-corrected chi connectivity index (χ0v) is 19.2. The van der Waals surface area contributed by atoms with Crippen molar-refractivity contribution in [2.24, 2.45) is 11.8 Å². The second-order valence-corrected chi connectivity index (χ2v) is 8.93. The third-order valence-electron chi connectivity index (χ3n) is 6.83. The summed E-state index contributed by atoms with van der Waals surface area (Å²) in [6.45, 7) is 1.29. The summed E-state index contributed by atoms with van der Waals surface area (Å²) in [5.74, 6) is 0.934. The molecule has 8 heteroatoms.